The second-order valence-electron chi connectivity index (χ2n) is 5.09. The Hall–Kier alpha value is -1.42. The standard InChI is InChI=1S/C14H18FN3/c1-3-14(7-4-8-16-14)13-17-11-6-5-10(15)9-12(11)18(13)2/h5-6,9,16H,3-4,7-8H2,1-2H3. The number of fused-ring (bicyclic) bond motifs is 1. The van der Waals surface area contributed by atoms with E-state index < -0.39 is 0 Å². The van der Waals surface area contributed by atoms with Crippen LogP contribution in [0.4, 0.5) is 4.39 Å². The highest BCUT2D eigenvalue weighted by Gasteiger charge is 2.37. The van der Waals surface area contributed by atoms with Gasteiger partial charge in [-0.3, -0.25) is 0 Å². The number of halogens is 1. The predicted molar refractivity (Wildman–Crippen MR) is 69.9 cm³/mol. The number of hydrogen-bond acceptors (Lipinski definition) is 2. The molecule has 2 aromatic rings. The van der Waals surface area contributed by atoms with Crippen molar-refractivity contribution in [3.05, 3.63) is 29.8 Å². The van der Waals surface area contributed by atoms with Gasteiger partial charge in [0.05, 0.1) is 16.6 Å². The van der Waals surface area contributed by atoms with E-state index in [4.69, 9.17) is 4.98 Å². The molecule has 1 fully saturated rings. The van der Waals surface area contributed by atoms with Gasteiger partial charge in [0.15, 0.2) is 0 Å². The molecule has 0 spiro atoms. The Morgan fingerprint density at radius 2 is 2.33 bits per heavy atom. The summed E-state index contributed by atoms with van der Waals surface area (Å²) < 4.78 is 15.4. The van der Waals surface area contributed by atoms with E-state index in [1.165, 1.54) is 12.5 Å². The molecule has 1 aliphatic rings. The van der Waals surface area contributed by atoms with Crippen LogP contribution in [-0.2, 0) is 12.6 Å². The maximum Gasteiger partial charge on any atom is 0.129 e. The quantitative estimate of drug-likeness (QED) is 0.884. The molecular weight excluding hydrogens is 229 g/mol. The molecular formula is C14H18FN3. The summed E-state index contributed by atoms with van der Waals surface area (Å²) in [5.41, 5.74) is 1.70. The first kappa shape index (κ1) is 11.7. The fraction of sp³-hybridized carbons (Fsp3) is 0.500. The van der Waals surface area contributed by atoms with Crippen molar-refractivity contribution in [3.8, 4) is 0 Å². The zero-order chi connectivity index (χ0) is 12.8. The Kier molecular flexibility index (Phi) is 2.63. The lowest BCUT2D eigenvalue weighted by molar-refractivity contribution is 0.345. The Bertz CT molecular complexity index is 582. The first-order valence-electron chi connectivity index (χ1n) is 6.54. The number of hydrogen-bond donors (Lipinski definition) is 1. The van der Waals surface area contributed by atoms with Gasteiger partial charge in [-0.1, -0.05) is 6.92 Å². The highest BCUT2D eigenvalue weighted by Crippen LogP contribution is 2.34. The van der Waals surface area contributed by atoms with Crippen LogP contribution in [-0.4, -0.2) is 16.1 Å². The summed E-state index contributed by atoms with van der Waals surface area (Å²) in [5, 5.41) is 3.58. The van der Waals surface area contributed by atoms with Gasteiger partial charge in [-0.15, -0.1) is 0 Å². The van der Waals surface area contributed by atoms with Crippen molar-refractivity contribution >= 4 is 11.0 Å². The van der Waals surface area contributed by atoms with Gasteiger partial charge in [0.1, 0.15) is 11.6 Å². The average Bonchev–Trinajstić information content (AvgIpc) is 2.96. The molecule has 1 aromatic carbocycles. The minimum Gasteiger partial charge on any atom is -0.329 e. The van der Waals surface area contributed by atoms with Crippen LogP contribution in [0.3, 0.4) is 0 Å². The molecule has 0 saturated carbocycles. The van der Waals surface area contributed by atoms with Gasteiger partial charge in [-0.2, -0.15) is 0 Å². The minimum absolute atomic E-state index is 0.0375. The van der Waals surface area contributed by atoms with E-state index >= 15 is 0 Å². The summed E-state index contributed by atoms with van der Waals surface area (Å²) >= 11 is 0. The van der Waals surface area contributed by atoms with Gasteiger partial charge in [-0.25, -0.2) is 9.37 Å². The molecule has 18 heavy (non-hydrogen) atoms. The SMILES string of the molecule is CCC1(c2nc3ccc(F)cc3n2C)CCCN1. The summed E-state index contributed by atoms with van der Waals surface area (Å²) in [4.78, 5) is 4.71. The largest absolute Gasteiger partial charge is 0.329 e. The highest BCUT2D eigenvalue weighted by molar-refractivity contribution is 5.76. The summed E-state index contributed by atoms with van der Waals surface area (Å²) in [6.07, 6.45) is 3.28. The van der Waals surface area contributed by atoms with Crippen molar-refractivity contribution in [3.63, 3.8) is 0 Å². The second-order valence-corrected chi connectivity index (χ2v) is 5.09. The average molecular weight is 247 g/mol. The van der Waals surface area contributed by atoms with Crippen molar-refractivity contribution in [2.45, 2.75) is 31.7 Å². The highest BCUT2D eigenvalue weighted by atomic mass is 19.1. The molecule has 0 aliphatic carbocycles. The number of nitrogens with zero attached hydrogens (tertiary/aromatic N) is 2. The van der Waals surface area contributed by atoms with Crippen LogP contribution in [0.2, 0.25) is 0 Å². The van der Waals surface area contributed by atoms with Crippen LogP contribution in [0.15, 0.2) is 18.2 Å². The Morgan fingerprint density at radius 1 is 1.50 bits per heavy atom. The third kappa shape index (κ3) is 1.56. The van der Waals surface area contributed by atoms with Crippen LogP contribution in [0.25, 0.3) is 11.0 Å². The molecule has 1 saturated heterocycles. The van der Waals surface area contributed by atoms with Crippen molar-refractivity contribution in [1.29, 1.82) is 0 Å². The lowest BCUT2D eigenvalue weighted by Crippen LogP contribution is -2.38. The molecule has 0 radical (unpaired) electrons. The number of aromatic nitrogens is 2. The van der Waals surface area contributed by atoms with Gasteiger partial charge in [-0.05, 0) is 44.0 Å². The zero-order valence-electron chi connectivity index (χ0n) is 10.8. The first-order valence-corrected chi connectivity index (χ1v) is 6.54. The Balaban J connectivity index is 2.20. The minimum atomic E-state index is -0.207. The fourth-order valence-electron chi connectivity index (χ4n) is 3.05. The number of imidazole rings is 1. The van der Waals surface area contributed by atoms with Crippen LogP contribution >= 0.6 is 0 Å². The third-order valence-electron chi connectivity index (χ3n) is 4.12. The molecule has 0 bridgehead atoms. The van der Waals surface area contributed by atoms with E-state index in [0.717, 1.165) is 36.2 Å². The smallest absolute Gasteiger partial charge is 0.129 e. The lowest BCUT2D eigenvalue weighted by atomic mass is 9.93. The third-order valence-corrected chi connectivity index (χ3v) is 4.12. The molecule has 4 heteroatoms. The first-order chi connectivity index (χ1) is 8.66. The molecule has 1 unspecified atom stereocenters. The van der Waals surface area contributed by atoms with Gasteiger partial charge in [0.25, 0.3) is 0 Å². The normalized spacial score (nSPS) is 23.9. The number of rotatable bonds is 2. The Labute approximate surface area is 106 Å². The molecule has 3 nitrogen and oxygen atoms in total. The van der Waals surface area contributed by atoms with Crippen LogP contribution in [0.1, 0.15) is 32.0 Å². The van der Waals surface area contributed by atoms with E-state index in [9.17, 15) is 4.39 Å². The van der Waals surface area contributed by atoms with Crippen LogP contribution in [0.5, 0.6) is 0 Å². The summed E-state index contributed by atoms with van der Waals surface area (Å²) in [7, 11) is 1.97. The Morgan fingerprint density at radius 3 is 3.00 bits per heavy atom. The monoisotopic (exact) mass is 247 g/mol. The van der Waals surface area contributed by atoms with Crippen molar-refractivity contribution < 1.29 is 4.39 Å². The summed E-state index contributed by atoms with van der Waals surface area (Å²) in [5.74, 6) is 0.824. The fourth-order valence-corrected chi connectivity index (χ4v) is 3.05. The summed E-state index contributed by atoms with van der Waals surface area (Å²) in [6.45, 7) is 3.21. The topological polar surface area (TPSA) is 29.9 Å². The molecule has 0 amide bonds. The second kappa shape index (κ2) is 4.05. The van der Waals surface area contributed by atoms with E-state index in [-0.39, 0.29) is 11.4 Å². The van der Waals surface area contributed by atoms with Gasteiger partial charge in [0, 0.05) is 7.05 Å². The molecule has 1 aromatic heterocycles. The summed E-state index contributed by atoms with van der Waals surface area (Å²) in [6, 6.07) is 4.79. The number of nitrogens with one attached hydrogen (secondary N) is 1. The van der Waals surface area contributed by atoms with Crippen LogP contribution in [0, 0.1) is 5.82 Å². The van der Waals surface area contributed by atoms with Crippen molar-refractivity contribution in [2.24, 2.45) is 7.05 Å². The maximum absolute atomic E-state index is 13.3. The maximum atomic E-state index is 13.3. The van der Waals surface area contributed by atoms with E-state index in [0.29, 0.717) is 0 Å². The number of aryl methyl sites for hydroxylation is 1. The van der Waals surface area contributed by atoms with E-state index in [1.807, 2.05) is 11.6 Å². The van der Waals surface area contributed by atoms with Gasteiger partial charge < -0.3 is 9.88 Å². The molecule has 1 atom stereocenters. The van der Waals surface area contributed by atoms with E-state index in [2.05, 4.69) is 12.2 Å². The predicted octanol–water partition coefficient (Wildman–Crippen LogP) is 2.70. The number of benzene rings is 1. The van der Waals surface area contributed by atoms with Crippen LogP contribution < -0.4 is 5.32 Å². The van der Waals surface area contributed by atoms with Gasteiger partial charge in [0.2, 0.25) is 0 Å². The van der Waals surface area contributed by atoms with Crippen molar-refractivity contribution in [1.82, 2.24) is 14.9 Å². The van der Waals surface area contributed by atoms with Gasteiger partial charge >= 0.3 is 0 Å². The molecule has 2 heterocycles. The zero-order valence-corrected chi connectivity index (χ0v) is 10.8. The lowest BCUT2D eigenvalue weighted by Gasteiger charge is -2.27. The van der Waals surface area contributed by atoms with Crippen molar-refractivity contribution in [2.75, 3.05) is 6.54 Å². The molecule has 3 rings (SSSR count). The molecule has 1 N–H and O–H groups in total. The molecule has 1 aliphatic heterocycles. The molecule has 96 valence electrons. The van der Waals surface area contributed by atoms with E-state index in [1.54, 1.807) is 12.1 Å².